The van der Waals surface area contributed by atoms with Crippen molar-refractivity contribution in [3.8, 4) is 6.07 Å². The minimum absolute atomic E-state index is 0.117. The van der Waals surface area contributed by atoms with E-state index in [2.05, 4.69) is 11.4 Å². The molecule has 0 saturated heterocycles. The van der Waals surface area contributed by atoms with Crippen molar-refractivity contribution in [1.82, 2.24) is 0 Å². The lowest BCUT2D eigenvalue weighted by molar-refractivity contribution is -0.120. The smallest absolute Gasteiger partial charge is 0.234 e. The molecule has 0 fully saturated rings. The Labute approximate surface area is 136 Å². The average Bonchev–Trinajstić information content (AvgIpc) is 2.62. The van der Waals surface area contributed by atoms with Crippen molar-refractivity contribution in [2.24, 2.45) is 0 Å². The van der Waals surface area contributed by atoms with Gasteiger partial charge in [0.2, 0.25) is 5.91 Å². The molecule has 1 atom stereocenters. The van der Waals surface area contributed by atoms with Gasteiger partial charge in [0.15, 0.2) is 0 Å². The standard InChI is InChI=1S/C19H19N3O/c1-2-22(15-9-7-14(13-20)8-10-15)19(23)17-11-12-21-18-6-4-3-5-16(17)18/h3-10,17,21H,2,11-12H2,1H3. The average molecular weight is 305 g/mol. The summed E-state index contributed by atoms with van der Waals surface area (Å²) in [6.45, 7) is 3.39. The Balaban J connectivity index is 1.90. The lowest BCUT2D eigenvalue weighted by atomic mass is 9.89. The molecule has 1 N–H and O–H groups in total. The molecule has 0 saturated carbocycles. The van der Waals surface area contributed by atoms with Crippen molar-refractivity contribution in [3.63, 3.8) is 0 Å². The van der Waals surface area contributed by atoms with Crippen LogP contribution in [0, 0.1) is 11.3 Å². The Morgan fingerprint density at radius 1 is 1.26 bits per heavy atom. The van der Waals surface area contributed by atoms with E-state index in [1.807, 2.05) is 43.3 Å². The van der Waals surface area contributed by atoms with Crippen LogP contribution in [0.2, 0.25) is 0 Å². The number of nitriles is 1. The van der Waals surface area contributed by atoms with Crippen LogP contribution in [0.25, 0.3) is 0 Å². The van der Waals surface area contributed by atoms with Crippen molar-refractivity contribution in [3.05, 3.63) is 59.7 Å². The van der Waals surface area contributed by atoms with Crippen LogP contribution in [0.15, 0.2) is 48.5 Å². The second kappa shape index (κ2) is 6.53. The number of hydrogen-bond acceptors (Lipinski definition) is 3. The van der Waals surface area contributed by atoms with Gasteiger partial charge >= 0.3 is 0 Å². The summed E-state index contributed by atoms with van der Waals surface area (Å²) in [7, 11) is 0. The van der Waals surface area contributed by atoms with Gasteiger partial charge in [-0.05, 0) is 49.2 Å². The van der Waals surface area contributed by atoms with Crippen LogP contribution in [-0.2, 0) is 4.79 Å². The van der Waals surface area contributed by atoms with E-state index >= 15 is 0 Å². The van der Waals surface area contributed by atoms with Crippen LogP contribution in [0.3, 0.4) is 0 Å². The molecule has 0 aromatic heterocycles. The summed E-state index contributed by atoms with van der Waals surface area (Å²) in [6.07, 6.45) is 0.794. The number of hydrogen-bond donors (Lipinski definition) is 1. The van der Waals surface area contributed by atoms with Gasteiger partial charge in [-0.15, -0.1) is 0 Å². The van der Waals surface area contributed by atoms with Crippen LogP contribution in [-0.4, -0.2) is 19.0 Å². The summed E-state index contributed by atoms with van der Waals surface area (Å²) in [6, 6.07) is 17.3. The number of carbonyl (C=O) groups excluding carboxylic acids is 1. The lowest BCUT2D eigenvalue weighted by Crippen LogP contribution is -2.37. The van der Waals surface area contributed by atoms with Crippen LogP contribution >= 0.6 is 0 Å². The summed E-state index contributed by atoms with van der Waals surface area (Å²) in [5.74, 6) is -0.00537. The largest absolute Gasteiger partial charge is 0.385 e. The molecule has 2 aromatic carbocycles. The Kier molecular flexibility index (Phi) is 4.29. The number of likely N-dealkylation sites (N-methyl/N-ethyl adjacent to an activating group) is 1. The normalized spacial score (nSPS) is 15.9. The summed E-state index contributed by atoms with van der Waals surface area (Å²) >= 11 is 0. The summed E-state index contributed by atoms with van der Waals surface area (Å²) in [5, 5.41) is 12.3. The van der Waals surface area contributed by atoms with Crippen molar-refractivity contribution in [2.45, 2.75) is 19.3 Å². The van der Waals surface area contributed by atoms with E-state index in [1.54, 1.807) is 17.0 Å². The molecule has 0 aliphatic carbocycles. The molecule has 1 amide bonds. The molecule has 1 aliphatic heterocycles. The number of para-hydroxylation sites is 1. The number of carbonyl (C=O) groups is 1. The van der Waals surface area contributed by atoms with Crippen molar-refractivity contribution >= 4 is 17.3 Å². The van der Waals surface area contributed by atoms with Crippen molar-refractivity contribution in [2.75, 3.05) is 23.3 Å². The van der Waals surface area contributed by atoms with Crippen LogP contribution < -0.4 is 10.2 Å². The molecule has 0 radical (unpaired) electrons. The van der Waals surface area contributed by atoms with Gasteiger partial charge in [-0.1, -0.05) is 18.2 Å². The quantitative estimate of drug-likeness (QED) is 0.944. The molecule has 116 valence electrons. The zero-order valence-electron chi connectivity index (χ0n) is 13.1. The van der Waals surface area contributed by atoms with Gasteiger partial charge in [0.05, 0.1) is 17.6 Å². The summed E-state index contributed by atoms with van der Waals surface area (Å²) in [4.78, 5) is 14.9. The Morgan fingerprint density at radius 2 is 2.00 bits per heavy atom. The predicted octanol–water partition coefficient (Wildman–Crippen LogP) is 3.51. The molecule has 0 spiro atoms. The third-order valence-corrected chi connectivity index (χ3v) is 4.27. The molecule has 2 aromatic rings. The first-order valence-corrected chi connectivity index (χ1v) is 7.89. The van der Waals surface area contributed by atoms with Gasteiger partial charge < -0.3 is 10.2 Å². The highest BCUT2D eigenvalue weighted by Gasteiger charge is 2.29. The maximum Gasteiger partial charge on any atom is 0.234 e. The number of anilines is 2. The van der Waals surface area contributed by atoms with Crippen LogP contribution in [0.4, 0.5) is 11.4 Å². The van der Waals surface area contributed by atoms with E-state index < -0.39 is 0 Å². The highest BCUT2D eigenvalue weighted by atomic mass is 16.2. The molecule has 4 heteroatoms. The number of rotatable bonds is 3. The minimum atomic E-state index is -0.122. The van der Waals surface area contributed by atoms with Gasteiger partial charge in [-0.3, -0.25) is 4.79 Å². The summed E-state index contributed by atoms with van der Waals surface area (Å²) < 4.78 is 0. The maximum absolute atomic E-state index is 13.1. The monoisotopic (exact) mass is 305 g/mol. The fraction of sp³-hybridized carbons (Fsp3) is 0.263. The lowest BCUT2D eigenvalue weighted by Gasteiger charge is -2.31. The molecule has 3 rings (SSSR count). The fourth-order valence-corrected chi connectivity index (χ4v) is 3.09. The second-order valence-corrected chi connectivity index (χ2v) is 5.60. The molecule has 23 heavy (non-hydrogen) atoms. The topological polar surface area (TPSA) is 56.1 Å². The van der Waals surface area contributed by atoms with Gasteiger partial charge in [-0.2, -0.15) is 5.26 Å². The van der Waals surface area contributed by atoms with E-state index in [0.717, 1.165) is 29.9 Å². The number of nitrogens with one attached hydrogen (secondary N) is 1. The minimum Gasteiger partial charge on any atom is -0.385 e. The van der Waals surface area contributed by atoms with Crippen LogP contribution in [0.1, 0.15) is 30.4 Å². The first-order valence-electron chi connectivity index (χ1n) is 7.89. The van der Waals surface area contributed by atoms with E-state index in [1.165, 1.54) is 0 Å². The SMILES string of the molecule is CCN(C(=O)C1CCNc2ccccc21)c1ccc(C#N)cc1. The third kappa shape index (κ3) is 2.91. The predicted molar refractivity (Wildman–Crippen MR) is 91.5 cm³/mol. The zero-order chi connectivity index (χ0) is 16.2. The van der Waals surface area contributed by atoms with Crippen molar-refractivity contribution in [1.29, 1.82) is 5.26 Å². The van der Waals surface area contributed by atoms with Gasteiger partial charge in [-0.25, -0.2) is 0 Å². The molecule has 4 nitrogen and oxygen atoms in total. The summed E-state index contributed by atoms with van der Waals surface area (Å²) in [5.41, 5.74) is 3.56. The number of benzene rings is 2. The van der Waals surface area contributed by atoms with E-state index in [9.17, 15) is 4.79 Å². The highest BCUT2D eigenvalue weighted by Crippen LogP contribution is 2.33. The third-order valence-electron chi connectivity index (χ3n) is 4.27. The molecule has 0 bridgehead atoms. The number of fused-ring (bicyclic) bond motifs is 1. The molecule has 1 aliphatic rings. The van der Waals surface area contributed by atoms with E-state index in [4.69, 9.17) is 5.26 Å². The number of nitrogens with zero attached hydrogens (tertiary/aromatic N) is 2. The van der Waals surface area contributed by atoms with Gasteiger partial charge in [0.1, 0.15) is 0 Å². The van der Waals surface area contributed by atoms with Crippen molar-refractivity contribution < 1.29 is 4.79 Å². The first kappa shape index (κ1) is 15.1. The zero-order valence-corrected chi connectivity index (χ0v) is 13.1. The van der Waals surface area contributed by atoms with E-state index in [-0.39, 0.29) is 11.8 Å². The highest BCUT2D eigenvalue weighted by molar-refractivity contribution is 5.99. The molecular formula is C19H19N3O. The second-order valence-electron chi connectivity index (χ2n) is 5.60. The van der Waals surface area contributed by atoms with Gasteiger partial charge in [0, 0.05) is 24.5 Å². The maximum atomic E-state index is 13.1. The Morgan fingerprint density at radius 3 is 2.70 bits per heavy atom. The molecular weight excluding hydrogens is 286 g/mol. The van der Waals surface area contributed by atoms with Crippen LogP contribution in [0.5, 0.6) is 0 Å². The fourth-order valence-electron chi connectivity index (χ4n) is 3.09. The molecule has 1 unspecified atom stereocenters. The van der Waals surface area contributed by atoms with E-state index in [0.29, 0.717) is 12.1 Å². The first-order chi connectivity index (χ1) is 11.2. The molecule has 1 heterocycles. The Bertz CT molecular complexity index is 746. The van der Waals surface area contributed by atoms with Gasteiger partial charge in [0.25, 0.3) is 0 Å². The Hall–Kier alpha value is -2.80. The number of amides is 1.